The van der Waals surface area contributed by atoms with Crippen LogP contribution in [0.2, 0.25) is 0 Å². The van der Waals surface area contributed by atoms with Gasteiger partial charge in [0.25, 0.3) is 0 Å². The molecule has 0 unspecified atom stereocenters. The van der Waals surface area contributed by atoms with Gasteiger partial charge in [0.1, 0.15) is 17.2 Å². The number of aromatic nitrogens is 4. The van der Waals surface area contributed by atoms with Crippen LogP contribution < -0.4 is 11.1 Å². The molecule has 6 heteroatoms. The van der Waals surface area contributed by atoms with Gasteiger partial charge in [0, 0.05) is 24.1 Å². The van der Waals surface area contributed by atoms with Crippen LogP contribution in [0.3, 0.4) is 0 Å². The van der Waals surface area contributed by atoms with Crippen molar-refractivity contribution in [1.29, 1.82) is 0 Å². The summed E-state index contributed by atoms with van der Waals surface area (Å²) in [6.07, 6.45) is 5.33. The second-order valence-electron chi connectivity index (χ2n) is 5.88. The summed E-state index contributed by atoms with van der Waals surface area (Å²) in [7, 11) is 0. The third-order valence-corrected chi connectivity index (χ3v) is 4.08. The van der Waals surface area contributed by atoms with E-state index in [-0.39, 0.29) is 6.04 Å². The van der Waals surface area contributed by atoms with Crippen LogP contribution in [0.4, 0.5) is 11.5 Å². The zero-order valence-corrected chi connectivity index (χ0v) is 13.8. The normalized spacial score (nSPS) is 12.2. The van der Waals surface area contributed by atoms with E-state index in [0.29, 0.717) is 11.5 Å². The number of benzene rings is 1. The molecule has 0 aliphatic carbocycles. The summed E-state index contributed by atoms with van der Waals surface area (Å²) in [5.74, 6) is 1.36. The monoisotopic (exact) mass is 330 g/mol. The summed E-state index contributed by atoms with van der Waals surface area (Å²) in [6, 6.07) is 16.0. The van der Waals surface area contributed by atoms with Crippen LogP contribution in [0.15, 0.2) is 67.1 Å². The molecule has 0 radical (unpaired) electrons. The van der Waals surface area contributed by atoms with Crippen molar-refractivity contribution in [3.05, 3.63) is 72.7 Å². The lowest BCUT2D eigenvalue weighted by molar-refractivity contribution is 0.872. The second kappa shape index (κ2) is 6.24. The summed E-state index contributed by atoms with van der Waals surface area (Å²) in [4.78, 5) is 13.4. The van der Waals surface area contributed by atoms with E-state index in [1.165, 1.54) is 5.56 Å². The molecular formula is C19H18N6. The van der Waals surface area contributed by atoms with Crippen molar-refractivity contribution >= 4 is 17.2 Å². The van der Waals surface area contributed by atoms with Crippen molar-refractivity contribution in [2.45, 2.75) is 13.0 Å². The van der Waals surface area contributed by atoms with E-state index in [1.807, 2.05) is 47.0 Å². The molecule has 0 amide bonds. The molecule has 25 heavy (non-hydrogen) atoms. The molecule has 4 rings (SSSR count). The van der Waals surface area contributed by atoms with Gasteiger partial charge >= 0.3 is 0 Å². The third kappa shape index (κ3) is 3.01. The molecule has 0 bridgehead atoms. The maximum Gasteiger partial charge on any atom is 0.180 e. The van der Waals surface area contributed by atoms with E-state index in [1.54, 1.807) is 12.4 Å². The Kier molecular flexibility index (Phi) is 3.78. The summed E-state index contributed by atoms with van der Waals surface area (Å²) < 4.78 is 1.90. The molecule has 3 heterocycles. The number of nitrogens with one attached hydrogen (secondary N) is 1. The maximum atomic E-state index is 5.89. The van der Waals surface area contributed by atoms with Gasteiger partial charge in [0.2, 0.25) is 0 Å². The summed E-state index contributed by atoms with van der Waals surface area (Å²) in [6.45, 7) is 2.10. The molecule has 4 aromatic rings. The minimum atomic E-state index is 0.141. The lowest BCUT2D eigenvalue weighted by Crippen LogP contribution is -2.08. The number of nitrogen functional groups attached to an aromatic ring is 1. The van der Waals surface area contributed by atoms with Crippen molar-refractivity contribution in [3.8, 4) is 11.5 Å². The first-order valence-corrected chi connectivity index (χ1v) is 8.08. The summed E-state index contributed by atoms with van der Waals surface area (Å²) in [5, 5.41) is 3.41. The summed E-state index contributed by atoms with van der Waals surface area (Å²) in [5.41, 5.74) is 9.37. The largest absolute Gasteiger partial charge is 0.398 e. The number of nitrogens with zero attached hydrogens (tertiary/aromatic N) is 4. The van der Waals surface area contributed by atoms with Gasteiger partial charge in [0.15, 0.2) is 5.82 Å². The molecule has 3 aromatic heterocycles. The van der Waals surface area contributed by atoms with Gasteiger partial charge in [0.05, 0.1) is 6.20 Å². The van der Waals surface area contributed by atoms with Crippen molar-refractivity contribution < 1.29 is 0 Å². The first-order chi connectivity index (χ1) is 12.2. The van der Waals surface area contributed by atoms with E-state index >= 15 is 0 Å². The molecule has 0 aliphatic heterocycles. The molecule has 0 aliphatic rings. The lowest BCUT2D eigenvalue weighted by atomic mass is 10.1. The Morgan fingerprint density at radius 1 is 1.04 bits per heavy atom. The van der Waals surface area contributed by atoms with Crippen LogP contribution in [0, 0.1) is 0 Å². The zero-order valence-electron chi connectivity index (χ0n) is 13.8. The minimum Gasteiger partial charge on any atom is -0.398 e. The van der Waals surface area contributed by atoms with Crippen LogP contribution in [0.5, 0.6) is 0 Å². The molecule has 0 fully saturated rings. The average Bonchev–Trinajstić information content (AvgIpc) is 3.05. The highest BCUT2D eigenvalue weighted by atomic mass is 15.1. The molecule has 3 N–H and O–H groups in total. The van der Waals surface area contributed by atoms with Crippen LogP contribution in [0.1, 0.15) is 18.5 Å². The Hall–Kier alpha value is -3.41. The predicted molar refractivity (Wildman–Crippen MR) is 99.1 cm³/mol. The maximum absolute atomic E-state index is 5.89. The van der Waals surface area contributed by atoms with Crippen LogP contribution in [-0.2, 0) is 0 Å². The number of hydrogen-bond acceptors (Lipinski definition) is 5. The quantitative estimate of drug-likeness (QED) is 0.598. The highest BCUT2D eigenvalue weighted by Crippen LogP contribution is 2.22. The third-order valence-electron chi connectivity index (χ3n) is 4.08. The molecule has 0 saturated carbocycles. The van der Waals surface area contributed by atoms with Gasteiger partial charge in [-0.25, -0.2) is 15.0 Å². The average molecular weight is 330 g/mol. The first kappa shape index (κ1) is 15.1. The number of imidazole rings is 1. The molecule has 1 aromatic carbocycles. The standard InChI is InChI=1S/C19H18N6/c1-13(14-5-3-2-4-6-14)23-17-9-10-21-19(24-17)16-11-22-18-8-7-15(20)12-25(16)18/h2-13H,20H2,1H3,(H,21,23,24)/t13-/m0/s1. The SMILES string of the molecule is C[C@H](Nc1ccnc(-c2cnc3ccc(N)cn23)n1)c1ccccc1. The molecule has 0 spiro atoms. The Bertz CT molecular complexity index is 1010. The van der Waals surface area contributed by atoms with Gasteiger partial charge in [-0.2, -0.15) is 0 Å². The fourth-order valence-corrected chi connectivity index (χ4v) is 2.77. The Balaban J connectivity index is 1.66. The second-order valence-corrected chi connectivity index (χ2v) is 5.88. The molecule has 1 atom stereocenters. The molecular weight excluding hydrogens is 312 g/mol. The minimum absolute atomic E-state index is 0.141. The van der Waals surface area contributed by atoms with Crippen LogP contribution in [-0.4, -0.2) is 19.4 Å². The summed E-state index contributed by atoms with van der Waals surface area (Å²) >= 11 is 0. The van der Waals surface area contributed by atoms with E-state index < -0.39 is 0 Å². The fraction of sp³-hybridized carbons (Fsp3) is 0.105. The van der Waals surface area contributed by atoms with Crippen LogP contribution in [0.25, 0.3) is 17.2 Å². The topological polar surface area (TPSA) is 81.1 Å². The number of rotatable bonds is 4. The number of fused-ring (bicyclic) bond motifs is 1. The number of pyridine rings is 1. The van der Waals surface area contributed by atoms with Crippen LogP contribution >= 0.6 is 0 Å². The number of hydrogen-bond donors (Lipinski definition) is 2. The lowest BCUT2D eigenvalue weighted by Gasteiger charge is -2.15. The zero-order chi connectivity index (χ0) is 17.2. The van der Waals surface area contributed by atoms with Gasteiger partial charge in [-0.1, -0.05) is 30.3 Å². The Morgan fingerprint density at radius 2 is 1.88 bits per heavy atom. The van der Waals surface area contributed by atoms with E-state index in [9.17, 15) is 0 Å². The van der Waals surface area contributed by atoms with Crippen molar-refractivity contribution in [2.24, 2.45) is 0 Å². The van der Waals surface area contributed by atoms with Crippen molar-refractivity contribution in [3.63, 3.8) is 0 Å². The van der Waals surface area contributed by atoms with Crippen molar-refractivity contribution in [1.82, 2.24) is 19.4 Å². The number of nitrogens with two attached hydrogens (primary N) is 1. The van der Waals surface area contributed by atoms with E-state index in [0.717, 1.165) is 17.2 Å². The van der Waals surface area contributed by atoms with Gasteiger partial charge < -0.3 is 11.1 Å². The number of anilines is 2. The molecule has 6 nitrogen and oxygen atoms in total. The molecule has 0 saturated heterocycles. The molecule has 124 valence electrons. The van der Waals surface area contributed by atoms with E-state index in [4.69, 9.17) is 5.73 Å². The van der Waals surface area contributed by atoms with Gasteiger partial charge in [-0.05, 0) is 30.7 Å². The predicted octanol–water partition coefficient (Wildman–Crippen LogP) is 3.55. The Morgan fingerprint density at radius 3 is 2.72 bits per heavy atom. The fourth-order valence-electron chi connectivity index (χ4n) is 2.77. The van der Waals surface area contributed by atoms with Crippen molar-refractivity contribution in [2.75, 3.05) is 11.1 Å². The smallest absolute Gasteiger partial charge is 0.180 e. The van der Waals surface area contributed by atoms with Gasteiger partial charge in [-0.15, -0.1) is 0 Å². The first-order valence-electron chi connectivity index (χ1n) is 8.08. The van der Waals surface area contributed by atoms with Gasteiger partial charge in [-0.3, -0.25) is 4.40 Å². The van der Waals surface area contributed by atoms with E-state index in [2.05, 4.69) is 39.3 Å². The highest BCUT2D eigenvalue weighted by Gasteiger charge is 2.11. The Labute approximate surface area is 145 Å². The highest BCUT2D eigenvalue weighted by molar-refractivity contribution is 5.60.